The fraction of sp³-hybridized carbons (Fsp3) is 0.167. The van der Waals surface area contributed by atoms with Crippen molar-refractivity contribution in [2.24, 2.45) is 0 Å². The zero-order chi connectivity index (χ0) is 18.6. The Morgan fingerprint density at radius 1 is 1.15 bits per heavy atom. The van der Waals surface area contributed by atoms with E-state index in [4.69, 9.17) is 4.74 Å². The van der Waals surface area contributed by atoms with Crippen LogP contribution in [0.25, 0.3) is 5.69 Å². The minimum absolute atomic E-state index is 0.00251. The number of ether oxygens (including phenoxy) is 1. The summed E-state index contributed by atoms with van der Waals surface area (Å²) in [6, 6.07) is 14.5. The van der Waals surface area contributed by atoms with Crippen molar-refractivity contribution in [1.29, 1.82) is 0 Å². The van der Waals surface area contributed by atoms with Crippen LogP contribution >= 0.6 is 11.8 Å². The first-order valence-corrected chi connectivity index (χ1v) is 9.25. The second-order valence-corrected chi connectivity index (χ2v) is 6.79. The number of hydrogen-bond acceptors (Lipinski definition) is 7. The van der Waals surface area contributed by atoms with Gasteiger partial charge in [-0.1, -0.05) is 12.1 Å². The first kappa shape index (κ1) is 17.2. The van der Waals surface area contributed by atoms with Crippen LogP contribution in [0.15, 0.2) is 59.8 Å². The zero-order valence-corrected chi connectivity index (χ0v) is 15.0. The van der Waals surface area contributed by atoms with Gasteiger partial charge in [-0.05, 0) is 46.8 Å². The molecule has 1 aliphatic rings. The molecule has 1 aliphatic heterocycles. The van der Waals surface area contributed by atoms with Crippen molar-refractivity contribution in [3.8, 4) is 11.4 Å². The van der Waals surface area contributed by atoms with Gasteiger partial charge in [0.15, 0.2) is 0 Å². The van der Waals surface area contributed by atoms with Crippen molar-refractivity contribution in [3.05, 3.63) is 54.9 Å². The molecule has 0 fully saturated rings. The molecule has 1 aromatic heterocycles. The van der Waals surface area contributed by atoms with Gasteiger partial charge < -0.3 is 9.64 Å². The lowest BCUT2D eigenvalue weighted by atomic mass is 10.2. The number of nitrogens with zero attached hydrogens (tertiary/aromatic N) is 5. The van der Waals surface area contributed by atoms with Crippen molar-refractivity contribution >= 4 is 29.3 Å². The first-order valence-electron chi connectivity index (χ1n) is 8.27. The molecule has 2 aromatic carbocycles. The number of carbonyl (C=O) groups is 2. The smallest absolute Gasteiger partial charge is 0.312 e. The Kier molecular flexibility index (Phi) is 4.84. The Hall–Kier alpha value is -3.20. The maximum atomic E-state index is 12.2. The fourth-order valence-corrected chi connectivity index (χ4v) is 3.67. The van der Waals surface area contributed by atoms with Gasteiger partial charge >= 0.3 is 5.97 Å². The van der Waals surface area contributed by atoms with Gasteiger partial charge in [0.25, 0.3) is 0 Å². The molecule has 27 heavy (non-hydrogen) atoms. The van der Waals surface area contributed by atoms with Crippen LogP contribution in [0.1, 0.15) is 6.42 Å². The minimum Gasteiger partial charge on any atom is -0.426 e. The molecule has 0 N–H and O–H groups in total. The fourth-order valence-electron chi connectivity index (χ4n) is 2.73. The van der Waals surface area contributed by atoms with Gasteiger partial charge in [-0.25, -0.2) is 4.68 Å². The summed E-state index contributed by atoms with van der Waals surface area (Å²) in [5, 5.41) is 10.9. The Morgan fingerprint density at radius 2 is 1.96 bits per heavy atom. The van der Waals surface area contributed by atoms with Crippen molar-refractivity contribution < 1.29 is 14.3 Å². The summed E-state index contributed by atoms with van der Waals surface area (Å²) in [6.45, 7) is 0.290. The van der Waals surface area contributed by atoms with E-state index >= 15 is 0 Å². The zero-order valence-electron chi connectivity index (χ0n) is 14.2. The highest BCUT2D eigenvalue weighted by atomic mass is 32.2. The van der Waals surface area contributed by atoms with E-state index in [0.717, 1.165) is 16.3 Å². The standard InChI is InChI=1S/C18H15N5O3S/c24-17-11-27-16-4-2-1-3-15(16)22(17)10-9-18(25)26-14-7-5-13(6-8-14)23-12-19-20-21-23/h1-8,12H,9-11H2. The molecule has 8 nitrogen and oxygen atoms in total. The number of anilines is 1. The number of amides is 1. The van der Waals surface area contributed by atoms with E-state index in [9.17, 15) is 9.59 Å². The molecule has 1 amide bonds. The number of carbonyl (C=O) groups excluding carboxylic acids is 2. The maximum absolute atomic E-state index is 12.2. The average molecular weight is 381 g/mol. The quantitative estimate of drug-likeness (QED) is 0.494. The largest absolute Gasteiger partial charge is 0.426 e. The van der Waals surface area contributed by atoms with Crippen molar-refractivity contribution in [3.63, 3.8) is 0 Å². The summed E-state index contributed by atoms with van der Waals surface area (Å²) in [5.41, 5.74) is 1.60. The van der Waals surface area contributed by atoms with E-state index < -0.39 is 5.97 Å². The number of tetrazole rings is 1. The Balaban J connectivity index is 1.37. The normalized spacial score (nSPS) is 13.3. The van der Waals surface area contributed by atoms with E-state index in [1.54, 1.807) is 29.2 Å². The third-order valence-electron chi connectivity index (χ3n) is 4.03. The number of esters is 1. The Bertz CT molecular complexity index is 959. The molecule has 9 heteroatoms. The molecular formula is C18H15N5O3S. The number of fused-ring (bicyclic) bond motifs is 1. The molecule has 0 saturated heterocycles. The van der Waals surface area contributed by atoms with Crippen LogP contribution in [-0.4, -0.2) is 44.4 Å². The van der Waals surface area contributed by atoms with Gasteiger partial charge in [-0.2, -0.15) is 0 Å². The SMILES string of the molecule is O=C(CCN1C(=O)CSc2ccccc21)Oc1ccc(-n2cnnn2)cc1. The van der Waals surface area contributed by atoms with Crippen LogP contribution in [0.2, 0.25) is 0 Å². The van der Waals surface area contributed by atoms with Crippen LogP contribution in [0.3, 0.4) is 0 Å². The van der Waals surface area contributed by atoms with E-state index in [0.29, 0.717) is 11.5 Å². The predicted molar refractivity (Wildman–Crippen MR) is 98.9 cm³/mol. The van der Waals surface area contributed by atoms with Crippen molar-refractivity contribution in [2.75, 3.05) is 17.2 Å². The molecule has 0 unspecified atom stereocenters. The van der Waals surface area contributed by atoms with Gasteiger partial charge in [0.05, 0.1) is 23.5 Å². The maximum Gasteiger partial charge on any atom is 0.312 e. The summed E-state index contributed by atoms with van der Waals surface area (Å²) in [4.78, 5) is 27.1. The van der Waals surface area contributed by atoms with Crippen LogP contribution < -0.4 is 9.64 Å². The minimum atomic E-state index is -0.395. The molecule has 2 heterocycles. The van der Waals surface area contributed by atoms with E-state index in [1.807, 2.05) is 24.3 Å². The van der Waals surface area contributed by atoms with E-state index in [-0.39, 0.29) is 18.9 Å². The van der Waals surface area contributed by atoms with Crippen LogP contribution in [0.4, 0.5) is 5.69 Å². The third kappa shape index (κ3) is 3.82. The lowest BCUT2D eigenvalue weighted by Gasteiger charge is -2.28. The number of benzene rings is 2. The van der Waals surface area contributed by atoms with E-state index in [2.05, 4.69) is 15.5 Å². The number of hydrogen-bond donors (Lipinski definition) is 0. The monoisotopic (exact) mass is 381 g/mol. The second kappa shape index (κ2) is 7.58. The van der Waals surface area contributed by atoms with Crippen molar-refractivity contribution in [2.45, 2.75) is 11.3 Å². The van der Waals surface area contributed by atoms with Crippen LogP contribution in [0, 0.1) is 0 Å². The van der Waals surface area contributed by atoms with Gasteiger partial charge in [-0.3, -0.25) is 9.59 Å². The molecule has 4 rings (SSSR count). The molecule has 0 saturated carbocycles. The summed E-state index contributed by atoms with van der Waals surface area (Å²) in [7, 11) is 0. The topological polar surface area (TPSA) is 90.2 Å². The molecular weight excluding hydrogens is 366 g/mol. The lowest BCUT2D eigenvalue weighted by molar-refractivity contribution is -0.134. The summed E-state index contributed by atoms with van der Waals surface area (Å²) in [6.07, 6.45) is 1.59. The molecule has 0 radical (unpaired) electrons. The van der Waals surface area contributed by atoms with Gasteiger partial charge in [-0.15, -0.1) is 16.9 Å². The number of rotatable bonds is 5. The Labute approximate surface area is 159 Å². The highest BCUT2D eigenvalue weighted by Gasteiger charge is 2.24. The predicted octanol–water partition coefficient (Wildman–Crippen LogP) is 2.10. The average Bonchev–Trinajstić information content (AvgIpc) is 3.22. The Morgan fingerprint density at radius 3 is 2.74 bits per heavy atom. The van der Waals surface area contributed by atoms with Crippen LogP contribution in [-0.2, 0) is 9.59 Å². The molecule has 3 aromatic rings. The molecule has 0 bridgehead atoms. The lowest BCUT2D eigenvalue weighted by Crippen LogP contribution is -2.37. The summed E-state index contributed by atoms with van der Waals surface area (Å²) >= 11 is 1.51. The first-order chi connectivity index (χ1) is 13.2. The van der Waals surface area contributed by atoms with Gasteiger partial charge in [0.1, 0.15) is 12.1 Å². The molecule has 0 spiro atoms. The number of thioether (sulfide) groups is 1. The van der Waals surface area contributed by atoms with E-state index in [1.165, 1.54) is 22.8 Å². The van der Waals surface area contributed by atoms with Crippen molar-refractivity contribution in [1.82, 2.24) is 20.2 Å². The molecule has 136 valence electrons. The number of para-hydroxylation sites is 1. The highest BCUT2D eigenvalue weighted by Crippen LogP contribution is 2.34. The molecule has 0 atom stereocenters. The molecule has 0 aliphatic carbocycles. The van der Waals surface area contributed by atoms with Gasteiger partial charge in [0.2, 0.25) is 5.91 Å². The highest BCUT2D eigenvalue weighted by molar-refractivity contribution is 8.00. The third-order valence-corrected chi connectivity index (χ3v) is 5.08. The summed E-state index contributed by atoms with van der Waals surface area (Å²) in [5.74, 6) is 0.411. The van der Waals surface area contributed by atoms with Crippen LogP contribution in [0.5, 0.6) is 5.75 Å². The summed E-state index contributed by atoms with van der Waals surface area (Å²) < 4.78 is 6.86. The second-order valence-electron chi connectivity index (χ2n) is 5.77. The number of aromatic nitrogens is 4. The van der Waals surface area contributed by atoms with Gasteiger partial charge in [0, 0.05) is 11.4 Å².